The van der Waals surface area contributed by atoms with Gasteiger partial charge in [0.05, 0.1) is 18.2 Å². The first-order chi connectivity index (χ1) is 10.2. The Morgan fingerprint density at radius 2 is 2.24 bits per heavy atom. The van der Waals surface area contributed by atoms with Gasteiger partial charge < -0.3 is 20.9 Å². The Morgan fingerprint density at radius 3 is 2.90 bits per heavy atom. The number of benzene rings is 1. The van der Waals surface area contributed by atoms with Gasteiger partial charge in [-0.3, -0.25) is 0 Å². The van der Waals surface area contributed by atoms with Gasteiger partial charge >= 0.3 is 0 Å². The van der Waals surface area contributed by atoms with Crippen molar-refractivity contribution in [1.82, 2.24) is 0 Å². The molecular weight excluding hydrogens is 286 g/mol. The number of nitrogens with zero attached hydrogens (tertiary/aromatic N) is 2. The highest BCUT2D eigenvalue weighted by atomic mass is 32.2. The van der Waals surface area contributed by atoms with Gasteiger partial charge in [0.1, 0.15) is 0 Å². The third-order valence-corrected chi connectivity index (χ3v) is 4.77. The fourth-order valence-corrected chi connectivity index (χ4v) is 3.55. The Bertz CT molecular complexity index is 508. The van der Waals surface area contributed by atoms with Gasteiger partial charge in [-0.05, 0) is 31.2 Å². The number of hydrogen-bond acceptors (Lipinski definition) is 5. The molecule has 1 aliphatic rings. The van der Waals surface area contributed by atoms with E-state index in [1.807, 2.05) is 24.5 Å². The van der Waals surface area contributed by atoms with E-state index in [1.165, 1.54) is 6.42 Å². The zero-order chi connectivity index (χ0) is 15.2. The van der Waals surface area contributed by atoms with E-state index < -0.39 is 0 Å². The van der Waals surface area contributed by atoms with Crippen LogP contribution in [0, 0.1) is 0 Å². The second kappa shape index (κ2) is 7.56. The summed E-state index contributed by atoms with van der Waals surface area (Å²) in [6.07, 6.45) is 6.33. The summed E-state index contributed by atoms with van der Waals surface area (Å²) < 4.78 is 0. The molecule has 0 aliphatic carbocycles. The summed E-state index contributed by atoms with van der Waals surface area (Å²) in [6.45, 7) is 1.01. The van der Waals surface area contributed by atoms with Crippen molar-refractivity contribution in [2.75, 3.05) is 24.3 Å². The summed E-state index contributed by atoms with van der Waals surface area (Å²) in [6, 6.07) is 6.03. The van der Waals surface area contributed by atoms with Crippen LogP contribution < -0.4 is 10.6 Å². The lowest BCUT2D eigenvalue weighted by molar-refractivity contribution is 0.255. The second-order valence-electron chi connectivity index (χ2n) is 5.22. The lowest BCUT2D eigenvalue weighted by Crippen LogP contribution is -2.39. The highest BCUT2D eigenvalue weighted by Crippen LogP contribution is 2.32. The van der Waals surface area contributed by atoms with Crippen molar-refractivity contribution in [3.05, 3.63) is 23.8 Å². The summed E-state index contributed by atoms with van der Waals surface area (Å²) in [5, 5.41) is 22.0. The molecule has 0 radical (unpaired) electrons. The minimum atomic E-state index is 0.0925. The molecular formula is C15H23N3O2S. The number of thioether (sulfide) groups is 1. The van der Waals surface area contributed by atoms with Crippen molar-refractivity contribution in [3.8, 4) is 0 Å². The molecule has 5 nitrogen and oxygen atoms in total. The van der Waals surface area contributed by atoms with E-state index in [0.29, 0.717) is 0 Å². The van der Waals surface area contributed by atoms with Crippen LogP contribution in [0.25, 0.3) is 0 Å². The fraction of sp³-hybridized carbons (Fsp3) is 0.533. The Morgan fingerprint density at radius 1 is 1.43 bits per heavy atom. The third kappa shape index (κ3) is 3.44. The standard InChI is InChI=1S/C15H23N3O2S/c1-21-13-8-5-7-12(14(13)15(16)17-20)18-9-4-2-3-6-11(18)10-19/h5,7-8,11,19-20H,2-4,6,9-10H2,1H3,(H2,16,17). The van der Waals surface area contributed by atoms with E-state index >= 15 is 0 Å². The molecule has 1 fully saturated rings. The number of oxime groups is 1. The number of aliphatic hydroxyl groups excluding tert-OH is 1. The molecule has 0 amide bonds. The maximum absolute atomic E-state index is 9.70. The largest absolute Gasteiger partial charge is 0.409 e. The topological polar surface area (TPSA) is 82.1 Å². The third-order valence-electron chi connectivity index (χ3n) is 3.99. The summed E-state index contributed by atoms with van der Waals surface area (Å²) in [4.78, 5) is 3.18. The van der Waals surface area contributed by atoms with Gasteiger partial charge in [0, 0.05) is 17.1 Å². The first-order valence-corrected chi connectivity index (χ1v) is 8.47. The zero-order valence-electron chi connectivity index (χ0n) is 12.3. The summed E-state index contributed by atoms with van der Waals surface area (Å²) in [5.41, 5.74) is 7.60. The minimum absolute atomic E-state index is 0.0925. The van der Waals surface area contributed by atoms with Crippen molar-refractivity contribution in [3.63, 3.8) is 0 Å². The lowest BCUT2D eigenvalue weighted by atomic mass is 10.1. The van der Waals surface area contributed by atoms with Crippen molar-refractivity contribution in [2.45, 2.75) is 36.6 Å². The predicted octanol–water partition coefficient (Wildman–Crippen LogP) is 2.24. The predicted molar refractivity (Wildman–Crippen MR) is 87.4 cm³/mol. The number of nitrogens with two attached hydrogens (primary N) is 1. The maximum atomic E-state index is 9.70. The van der Waals surface area contributed by atoms with Gasteiger partial charge in [-0.1, -0.05) is 24.1 Å². The summed E-state index contributed by atoms with van der Waals surface area (Å²) >= 11 is 1.57. The van der Waals surface area contributed by atoms with E-state index in [2.05, 4.69) is 10.1 Å². The van der Waals surface area contributed by atoms with Crippen molar-refractivity contribution in [1.29, 1.82) is 0 Å². The molecule has 1 unspecified atom stereocenters. The SMILES string of the molecule is CSc1cccc(N2CCCCCC2CO)c1/C(N)=N/O. The highest BCUT2D eigenvalue weighted by Gasteiger charge is 2.25. The fourth-order valence-electron chi connectivity index (χ4n) is 2.92. The Labute approximate surface area is 129 Å². The number of hydrogen-bond donors (Lipinski definition) is 3. The van der Waals surface area contributed by atoms with Crippen LogP contribution in [0.4, 0.5) is 5.69 Å². The molecule has 1 aromatic rings. The van der Waals surface area contributed by atoms with E-state index in [9.17, 15) is 5.11 Å². The van der Waals surface area contributed by atoms with Crippen LogP contribution in [-0.4, -0.2) is 41.6 Å². The molecule has 0 aromatic heterocycles. The van der Waals surface area contributed by atoms with Gasteiger partial charge in [0.15, 0.2) is 5.84 Å². The van der Waals surface area contributed by atoms with Crippen LogP contribution in [0.15, 0.2) is 28.3 Å². The smallest absolute Gasteiger partial charge is 0.173 e. The van der Waals surface area contributed by atoms with Crippen LogP contribution in [0.5, 0.6) is 0 Å². The second-order valence-corrected chi connectivity index (χ2v) is 6.07. The normalized spacial score (nSPS) is 20.4. The van der Waals surface area contributed by atoms with Crippen molar-refractivity contribution >= 4 is 23.3 Å². The molecule has 116 valence electrons. The monoisotopic (exact) mass is 309 g/mol. The van der Waals surface area contributed by atoms with Gasteiger partial charge in [0.2, 0.25) is 0 Å². The average Bonchev–Trinajstić information content (AvgIpc) is 2.78. The van der Waals surface area contributed by atoms with Crippen molar-refractivity contribution < 1.29 is 10.3 Å². The summed E-state index contributed by atoms with van der Waals surface area (Å²) in [7, 11) is 0. The number of anilines is 1. The maximum Gasteiger partial charge on any atom is 0.173 e. The average molecular weight is 309 g/mol. The molecule has 21 heavy (non-hydrogen) atoms. The van der Waals surface area contributed by atoms with Gasteiger partial charge in [-0.25, -0.2) is 0 Å². The lowest BCUT2D eigenvalue weighted by Gasteiger charge is -2.33. The van der Waals surface area contributed by atoms with Crippen LogP contribution >= 0.6 is 11.8 Å². The molecule has 1 aromatic carbocycles. The number of amidine groups is 1. The Hall–Kier alpha value is -1.40. The molecule has 1 aliphatic heterocycles. The zero-order valence-corrected chi connectivity index (χ0v) is 13.1. The van der Waals surface area contributed by atoms with Crippen LogP contribution in [0.1, 0.15) is 31.2 Å². The summed E-state index contributed by atoms with van der Waals surface area (Å²) in [5.74, 6) is 0.121. The van der Waals surface area contributed by atoms with E-state index in [4.69, 9.17) is 10.9 Å². The quantitative estimate of drug-likeness (QED) is 0.261. The Kier molecular flexibility index (Phi) is 5.76. The van der Waals surface area contributed by atoms with Crippen LogP contribution in [0.3, 0.4) is 0 Å². The first kappa shape index (κ1) is 16.0. The van der Waals surface area contributed by atoms with E-state index in [-0.39, 0.29) is 18.5 Å². The van der Waals surface area contributed by atoms with Gasteiger partial charge in [-0.15, -0.1) is 11.8 Å². The number of rotatable bonds is 4. The molecule has 0 bridgehead atoms. The van der Waals surface area contributed by atoms with Gasteiger partial charge in [-0.2, -0.15) is 0 Å². The number of aliphatic hydroxyl groups is 1. The van der Waals surface area contributed by atoms with Crippen LogP contribution in [0.2, 0.25) is 0 Å². The van der Waals surface area contributed by atoms with E-state index in [0.717, 1.165) is 42.0 Å². The molecule has 0 saturated carbocycles. The minimum Gasteiger partial charge on any atom is -0.409 e. The first-order valence-electron chi connectivity index (χ1n) is 7.25. The van der Waals surface area contributed by atoms with Gasteiger partial charge in [0.25, 0.3) is 0 Å². The molecule has 0 spiro atoms. The molecule has 4 N–H and O–H groups in total. The van der Waals surface area contributed by atoms with Crippen LogP contribution in [-0.2, 0) is 0 Å². The van der Waals surface area contributed by atoms with Crippen molar-refractivity contribution in [2.24, 2.45) is 10.9 Å². The molecule has 1 atom stereocenters. The molecule has 6 heteroatoms. The molecule has 1 heterocycles. The highest BCUT2D eigenvalue weighted by molar-refractivity contribution is 7.98. The Balaban J connectivity index is 2.50. The molecule has 2 rings (SSSR count). The van der Waals surface area contributed by atoms with E-state index in [1.54, 1.807) is 11.8 Å². The molecule has 1 saturated heterocycles.